The van der Waals surface area contributed by atoms with E-state index in [9.17, 15) is 9.59 Å². The number of hydrogen-bond acceptors (Lipinski definition) is 2. The maximum Gasteiger partial charge on any atom is 0.253 e. The molecule has 2 aromatic rings. The molecule has 0 saturated carbocycles. The van der Waals surface area contributed by atoms with Gasteiger partial charge in [-0.2, -0.15) is 0 Å². The van der Waals surface area contributed by atoms with Crippen molar-refractivity contribution in [2.75, 3.05) is 7.05 Å². The van der Waals surface area contributed by atoms with Gasteiger partial charge in [0.15, 0.2) is 0 Å². The molecule has 0 aliphatic heterocycles. The van der Waals surface area contributed by atoms with E-state index in [4.69, 9.17) is 0 Å². The van der Waals surface area contributed by atoms with Crippen molar-refractivity contribution < 1.29 is 9.59 Å². The average Bonchev–Trinajstić information content (AvgIpc) is 2.61. The van der Waals surface area contributed by atoms with Gasteiger partial charge in [-0.1, -0.05) is 37.3 Å². The Morgan fingerprint density at radius 3 is 2.17 bits per heavy atom. The second kappa shape index (κ2) is 8.29. The zero-order valence-electron chi connectivity index (χ0n) is 14.5. The molecule has 2 aromatic carbocycles. The van der Waals surface area contributed by atoms with Gasteiger partial charge in [-0.3, -0.25) is 9.59 Å². The third kappa shape index (κ3) is 4.69. The Kier molecular flexibility index (Phi) is 6.13. The summed E-state index contributed by atoms with van der Waals surface area (Å²) in [6.45, 7) is 4.54. The molecule has 4 nitrogen and oxygen atoms in total. The van der Waals surface area contributed by atoms with Gasteiger partial charge in [-0.15, -0.1) is 0 Å². The van der Waals surface area contributed by atoms with E-state index in [2.05, 4.69) is 5.32 Å². The first-order valence-electron chi connectivity index (χ1n) is 8.21. The van der Waals surface area contributed by atoms with Gasteiger partial charge in [-0.05, 0) is 43.2 Å². The first-order valence-corrected chi connectivity index (χ1v) is 8.21. The summed E-state index contributed by atoms with van der Waals surface area (Å²) in [7, 11) is 1.78. The van der Waals surface area contributed by atoms with Crippen molar-refractivity contribution in [3.63, 3.8) is 0 Å². The van der Waals surface area contributed by atoms with Crippen LogP contribution in [0.1, 0.15) is 46.5 Å². The zero-order valence-corrected chi connectivity index (χ0v) is 14.5. The van der Waals surface area contributed by atoms with E-state index >= 15 is 0 Å². The van der Waals surface area contributed by atoms with E-state index in [1.165, 1.54) is 0 Å². The number of amides is 2. The molecule has 126 valence electrons. The largest absolute Gasteiger partial charge is 0.350 e. The fraction of sp³-hybridized carbons (Fsp3) is 0.300. The molecule has 1 unspecified atom stereocenters. The molecule has 0 bridgehead atoms. The van der Waals surface area contributed by atoms with E-state index in [0.717, 1.165) is 12.0 Å². The number of hydrogen-bond donors (Lipinski definition) is 1. The van der Waals surface area contributed by atoms with Gasteiger partial charge in [0.05, 0.1) is 0 Å². The van der Waals surface area contributed by atoms with Crippen LogP contribution in [-0.2, 0) is 6.54 Å². The van der Waals surface area contributed by atoms with Gasteiger partial charge in [-0.25, -0.2) is 0 Å². The minimum absolute atomic E-state index is 0.0623. The van der Waals surface area contributed by atoms with Crippen LogP contribution in [0.5, 0.6) is 0 Å². The monoisotopic (exact) mass is 324 g/mol. The molecule has 0 saturated heterocycles. The maximum absolute atomic E-state index is 12.5. The van der Waals surface area contributed by atoms with Gasteiger partial charge < -0.3 is 10.2 Å². The highest BCUT2D eigenvalue weighted by Gasteiger charge is 2.14. The minimum Gasteiger partial charge on any atom is -0.350 e. The Morgan fingerprint density at radius 2 is 1.58 bits per heavy atom. The van der Waals surface area contributed by atoms with Crippen molar-refractivity contribution >= 4 is 11.8 Å². The van der Waals surface area contributed by atoms with Crippen LogP contribution in [0, 0.1) is 0 Å². The Labute approximate surface area is 143 Å². The van der Waals surface area contributed by atoms with E-state index in [-0.39, 0.29) is 17.9 Å². The summed E-state index contributed by atoms with van der Waals surface area (Å²) in [6, 6.07) is 16.8. The maximum atomic E-state index is 12.5. The zero-order chi connectivity index (χ0) is 17.5. The predicted molar refractivity (Wildman–Crippen MR) is 95.9 cm³/mol. The van der Waals surface area contributed by atoms with Crippen LogP contribution in [-0.4, -0.2) is 29.8 Å². The van der Waals surface area contributed by atoms with E-state index < -0.39 is 0 Å². The molecule has 24 heavy (non-hydrogen) atoms. The molecule has 0 aliphatic carbocycles. The molecule has 2 amide bonds. The van der Waals surface area contributed by atoms with Crippen molar-refractivity contribution in [3.8, 4) is 0 Å². The number of rotatable bonds is 6. The lowest BCUT2D eigenvalue weighted by Crippen LogP contribution is -2.32. The number of benzene rings is 2. The molecular weight excluding hydrogens is 300 g/mol. The van der Waals surface area contributed by atoms with Gasteiger partial charge in [0.2, 0.25) is 0 Å². The lowest BCUT2D eigenvalue weighted by molar-refractivity contribution is 0.0784. The first kappa shape index (κ1) is 17.7. The highest BCUT2D eigenvalue weighted by molar-refractivity contribution is 5.97. The first-order chi connectivity index (χ1) is 11.5. The Morgan fingerprint density at radius 1 is 1.00 bits per heavy atom. The standard InChI is InChI=1S/C20H24N2O2/c1-4-15(2)21-19(23)17-10-12-18(13-11-17)20(24)22(3)14-16-8-6-5-7-9-16/h5-13,15H,4,14H2,1-3H3,(H,21,23). The van der Waals surface area contributed by atoms with Crippen LogP contribution in [0.3, 0.4) is 0 Å². The van der Waals surface area contributed by atoms with Crippen LogP contribution in [0.25, 0.3) is 0 Å². The van der Waals surface area contributed by atoms with Crippen LogP contribution in [0.2, 0.25) is 0 Å². The van der Waals surface area contributed by atoms with Crippen molar-refractivity contribution in [3.05, 3.63) is 71.3 Å². The van der Waals surface area contributed by atoms with Gasteiger partial charge in [0, 0.05) is 30.8 Å². The molecule has 0 aromatic heterocycles. The molecule has 2 rings (SSSR count). The average molecular weight is 324 g/mol. The summed E-state index contributed by atoms with van der Waals surface area (Å²) >= 11 is 0. The van der Waals surface area contributed by atoms with Gasteiger partial charge in [0.25, 0.3) is 11.8 Å². The Hall–Kier alpha value is -2.62. The fourth-order valence-electron chi connectivity index (χ4n) is 2.32. The summed E-state index contributed by atoms with van der Waals surface area (Å²) in [6.07, 6.45) is 0.882. The smallest absolute Gasteiger partial charge is 0.253 e. The highest BCUT2D eigenvalue weighted by atomic mass is 16.2. The summed E-state index contributed by atoms with van der Waals surface area (Å²) in [4.78, 5) is 26.2. The Bertz CT molecular complexity index is 681. The molecule has 0 fully saturated rings. The minimum atomic E-state index is -0.110. The quantitative estimate of drug-likeness (QED) is 0.884. The van der Waals surface area contributed by atoms with Crippen molar-refractivity contribution in [2.24, 2.45) is 0 Å². The second-order valence-corrected chi connectivity index (χ2v) is 6.01. The molecule has 0 heterocycles. The normalized spacial score (nSPS) is 11.6. The highest BCUT2D eigenvalue weighted by Crippen LogP contribution is 2.10. The molecule has 0 aliphatic rings. The molecule has 0 spiro atoms. The van der Waals surface area contributed by atoms with E-state index in [1.54, 1.807) is 36.2 Å². The van der Waals surface area contributed by atoms with Crippen molar-refractivity contribution in [1.29, 1.82) is 0 Å². The third-order valence-electron chi connectivity index (χ3n) is 3.99. The van der Waals surface area contributed by atoms with Crippen LogP contribution in [0.4, 0.5) is 0 Å². The van der Waals surface area contributed by atoms with Gasteiger partial charge >= 0.3 is 0 Å². The van der Waals surface area contributed by atoms with Crippen molar-refractivity contribution in [2.45, 2.75) is 32.9 Å². The molecule has 0 radical (unpaired) electrons. The molecular formula is C20H24N2O2. The number of nitrogens with zero attached hydrogens (tertiary/aromatic N) is 1. The SMILES string of the molecule is CCC(C)NC(=O)c1ccc(C(=O)N(C)Cc2ccccc2)cc1. The fourth-order valence-corrected chi connectivity index (χ4v) is 2.32. The predicted octanol–water partition coefficient (Wildman–Crippen LogP) is 3.49. The summed E-state index contributed by atoms with van der Waals surface area (Å²) in [5.41, 5.74) is 2.23. The molecule has 4 heteroatoms. The van der Waals surface area contributed by atoms with Crippen LogP contribution in [0.15, 0.2) is 54.6 Å². The van der Waals surface area contributed by atoms with Crippen molar-refractivity contribution in [1.82, 2.24) is 10.2 Å². The number of carbonyl (C=O) groups is 2. The Balaban J connectivity index is 2.01. The summed E-state index contributed by atoms with van der Waals surface area (Å²) in [5.74, 6) is -0.172. The number of nitrogens with one attached hydrogen (secondary N) is 1. The summed E-state index contributed by atoms with van der Waals surface area (Å²) < 4.78 is 0. The van der Waals surface area contributed by atoms with E-state index in [1.807, 2.05) is 44.2 Å². The van der Waals surface area contributed by atoms with Gasteiger partial charge in [0.1, 0.15) is 0 Å². The van der Waals surface area contributed by atoms with Crippen LogP contribution < -0.4 is 5.32 Å². The second-order valence-electron chi connectivity index (χ2n) is 6.01. The van der Waals surface area contributed by atoms with Crippen LogP contribution >= 0.6 is 0 Å². The number of carbonyl (C=O) groups excluding carboxylic acids is 2. The molecule has 1 N–H and O–H groups in total. The lowest BCUT2D eigenvalue weighted by Gasteiger charge is -2.17. The van der Waals surface area contributed by atoms with E-state index in [0.29, 0.717) is 17.7 Å². The lowest BCUT2D eigenvalue weighted by atomic mass is 10.1. The topological polar surface area (TPSA) is 49.4 Å². The molecule has 1 atom stereocenters. The third-order valence-corrected chi connectivity index (χ3v) is 3.99. The summed E-state index contributed by atoms with van der Waals surface area (Å²) in [5, 5.41) is 2.92.